The molecule has 0 aromatic carbocycles. The highest BCUT2D eigenvalue weighted by atomic mass is 35.5. The molecule has 0 radical (unpaired) electrons. The molecule has 3 aromatic rings. The average molecular weight is 575 g/mol. The molecule has 1 saturated carbocycles. The molecule has 0 saturated heterocycles. The van der Waals surface area contributed by atoms with Gasteiger partial charge in [-0.05, 0) is 13.3 Å². The Hall–Kier alpha value is -3.24. The molecule has 206 valence electrons. The number of hydrogen-bond donors (Lipinski definition) is 1. The summed E-state index contributed by atoms with van der Waals surface area (Å²) in [6.07, 6.45) is 1.99. The van der Waals surface area contributed by atoms with Crippen LogP contribution in [0.3, 0.4) is 0 Å². The lowest BCUT2D eigenvalue weighted by molar-refractivity contribution is 0.00749. The van der Waals surface area contributed by atoms with E-state index in [1.807, 2.05) is 0 Å². The first-order valence-electron chi connectivity index (χ1n) is 11.3. The standard InChI is InChI=1S/C21H25ClF2N8O5S/c1-11(15(35-2)16-25-8-13(22)9-26-16)38(33,34)31-20-30-29-17(12-5-6-21(23,24)7-12)32(20)14-18(36-3)27-10-28-19(14)37-4/h8-12,15H,5-7H2,1-4H3,(H,30,31). The third-order valence-electron chi connectivity index (χ3n) is 6.12. The van der Waals surface area contributed by atoms with E-state index in [2.05, 4.69) is 34.9 Å². The molecule has 38 heavy (non-hydrogen) atoms. The minimum Gasteiger partial charge on any atom is -0.479 e. The maximum Gasteiger partial charge on any atom is 0.248 e. The Balaban J connectivity index is 1.79. The number of ether oxygens (including phenoxy) is 3. The molecule has 17 heteroatoms. The number of alkyl halides is 2. The molecule has 3 heterocycles. The summed E-state index contributed by atoms with van der Waals surface area (Å²) >= 11 is 5.84. The van der Waals surface area contributed by atoms with E-state index in [0.717, 1.165) is 0 Å². The van der Waals surface area contributed by atoms with Crippen molar-refractivity contribution < 1.29 is 31.4 Å². The Labute approximate surface area is 222 Å². The first kappa shape index (κ1) is 27.8. The van der Waals surface area contributed by atoms with Crippen molar-refractivity contribution in [3.8, 4) is 17.4 Å². The molecule has 4 rings (SSSR count). The second-order valence-electron chi connectivity index (χ2n) is 8.52. The van der Waals surface area contributed by atoms with E-state index < -0.39 is 39.6 Å². The number of anilines is 1. The van der Waals surface area contributed by atoms with Gasteiger partial charge < -0.3 is 14.2 Å². The van der Waals surface area contributed by atoms with Gasteiger partial charge in [0.25, 0.3) is 0 Å². The fourth-order valence-corrected chi connectivity index (χ4v) is 5.44. The number of methoxy groups -OCH3 is 3. The van der Waals surface area contributed by atoms with E-state index in [0.29, 0.717) is 0 Å². The predicted octanol–water partition coefficient (Wildman–Crippen LogP) is 2.94. The molecule has 0 aliphatic heterocycles. The first-order valence-corrected chi connectivity index (χ1v) is 13.2. The smallest absolute Gasteiger partial charge is 0.248 e. The largest absolute Gasteiger partial charge is 0.479 e. The number of nitrogens with zero attached hydrogens (tertiary/aromatic N) is 7. The third-order valence-corrected chi connectivity index (χ3v) is 8.01. The van der Waals surface area contributed by atoms with Gasteiger partial charge in [0.1, 0.15) is 23.5 Å². The van der Waals surface area contributed by atoms with Crippen molar-refractivity contribution in [2.45, 2.75) is 49.4 Å². The molecule has 1 aliphatic carbocycles. The van der Waals surface area contributed by atoms with Gasteiger partial charge in [0.2, 0.25) is 33.7 Å². The molecule has 1 aliphatic rings. The van der Waals surface area contributed by atoms with Crippen LogP contribution in [-0.4, -0.2) is 75.6 Å². The summed E-state index contributed by atoms with van der Waals surface area (Å²) < 4.78 is 75.0. The van der Waals surface area contributed by atoms with Crippen molar-refractivity contribution in [1.29, 1.82) is 0 Å². The molecule has 3 unspecified atom stereocenters. The van der Waals surface area contributed by atoms with E-state index >= 15 is 0 Å². The van der Waals surface area contributed by atoms with Crippen molar-refractivity contribution in [1.82, 2.24) is 34.7 Å². The summed E-state index contributed by atoms with van der Waals surface area (Å²) in [5.41, 5.74) is 0.0439. The van der Waals surface area contributed by atoms with Crippen LogP contribution in [0.1, 0.15) is 49.9 Å². The van der Waals surface area contributed by atoms with Gasteiger partial charge in [-0.3, -0.25) is 9.29 Å². The molecular formula is C21H25ClF2N8O5S. The van der Waals surface area contributed by atoms with E-state index in [9.17, 15) is 17.2 Å². The van der Waals surface area contributed by atoms with Gasteiger partial charge in [-0.2, -0.15) is 9.97 Å². The van der Waals surface area contributed by atoms with Gasteiger partial charge >= 0.3 is 0 Å². The second-order valence-corrected chi connectivity index (χ2v) is 11.0. The van der Waals surface area contributed by atoms with E-state index in [4.69, 9.17) is 25.8 Å². The number of sulfonamides is 1. The van der Waals surface area contributed by atoms with Crippen LogP contribution in [0, 0.1) is 0 Å². The highest BCUT2D eigenvalue weighted by Crippen LogP contribution is 2.45. The molecule has 0 amide bonds. The zero-order valence-corrected chi connectivity index (χ0v) is 22.4. The van der Waals surface area contributed by atoms with Crippen LogP contribution >= 0.6 is 11.6 Å². The summed E-state index contributed by atoms with van der Waals surface area (Å²) in [4.78, 5) is 16.2. The van der Waals surface area contributed by atoms with Gasteiger partial charge in [-0.25, -0.2) is 27.2 Å². The van der Waals surface area contributed by atoms with Crippen LogP contribution in [0.15, 0.2) is 18.7 Å². The van der Waals surface area contributed by atoms with Crippen molar-refractivity contribution in [2.75, 3.05) is 26.1 Å². The quantitative estimate of drug-likeness (QED) is 0.379. The number of halogens is 3. The highest BCUT2D eigenvalue weighted by Gasteiger charge is 2.43. The normalized spacial score (nSPS) is 18.7. The first-order chi connectivity index (χ1) is 18.0. The zero-order valence-electron chi connectivity index (χ0n) is 20.8. The van der Waals surface area contributed by atoms with Crippen LogP contribution < -0.4 is 14.2 Å². The number of rotatable bonds is 10. The number of aromatic nitrogens is 7. The Bertz CT molecular complexity index is 1370. The summed E-state index contributed by atoms with van der Waals surface area (Å²) in [5, 5.41) is 7.10. The molecule has 0 bridgehead atoms. The maximum atomic E-state index is 14.1. The average Bonchev–Trinajstić information content (AvgIpc) is 3.46. The predicted molar refractivity (Wildman–Crippen MR) is 130 cm³/mol. The van der Waals surface area contributed by atoms with Crippen LogP contribution in [0.4, 0.5) is 14.7 Å². The van der Waals surface area contributed by atoms with Gasteiger partial charge in [-0.1, -0.05) is 11.6 Å². The number of hydrogen-bond acceptors (Lipinski definition) is 11. The third kappa shape index (κ3) is 5.47. The van der Waals surface area contributed by atoms with Crippen LogP contribution in [-0.2, 0) is 14.8 Å². The summed E-state index contributed by atoms with van der Waals surface area (Å²) in [6, 6.07) is 0. The van der Waals surface area contributed by atoms with Crippen molar-refractivity contribution >= 4 is 27.6 Å². The Morgan fingerprint density at radius 1 is 1.11 bits per heavy atom. The van der Waals surface area contributed by atoms with Crippen LogP contribution in [0.5, 0.6) is 11.8 Å². The zero-order chi connectivity index (χ0) is 27.7. The lowest BCUT2D eigenvalue weighted by Crippen LogP contribution is -2.33. The minimum absolute atomic E-state index is 0.0134. The fraction of sp³-hybridized carbons (Fsp3) is 0.524. The van der Waals surface area contributed by atoms with Gasteiger partial charge in [0.15, 0.2) is 11.5 Å². The molecule has 1 N–H and O–H groups in total. The number of nitrogens with one attached hydrogen (secondary N) is 1. The van der Waals surface area contributed by atoms with E-state index in [1.165, 1.54) is 51.5 Å². The Kier molecular flexibility index (Phi) is 7.94. The molecule has 3 aromatic heterocycles. The van der Waals surface area contributed by atoms with Crippen LogP contribution in [0.2, 0.25) is 5.02 Å². The van der Waals surface area contributed by atoms with Crippen molar-refractivity contribution in [3.63, 3.8) is 0 Å². The Morgan fingerprint density at radius 3 is 2.26 bits per heavy atom. The molecule has 1 fully saturated rings. The maximum absolute atomic E-state index is 14.1. The van der Waals surface area contributed by atoms with Crippen molar-refractivity contribution in [3.05, 3.63) is 35.4 Å². The lowest BCUT2D eigenvalue weighted by atomic mass is 10.1. The summed E-state index contributed by atoms with van der Waals surface area (Å²) in [5.74, 6) is -3.81. The highest BCUT2D eigenvalue weighted by molar-refractivity contribution is 7.93. The molecular weight excluding hydrogens is 550 g/mol. The van der Waals surface area contributed by atoms with Gasteiger partial charge in [-0.15, -0.1) is 10.2 Å². The second kappa shape index (κ2) is 10.9. The van der Waals surface area contributed by atoms with E-state index in [1.54, 1.807) is 0 Å². The summed E-state index contributed by atoms with van der Waals surface area (Å²) in [6.45, 7) is 1.39. The SMILES string of the molecule is COc1ncnc(OC)c1-n1c(NS(=O)(=O)C(C)C(OC)c2ncc(Cl)cn2)nnc1C1CCC(F)(F)C1. The lowest BCUT2D eigenvalue weighted by Gasteiger charge is -2.23. The molecule has 13 nitrogen and oxygen atoms in total. The van der Waals surface area contributed by atoms with Crippen molar-refractivity contribution in [2.24, 2.45) is 0 Å². The van der Waals surface area contributed by atoms with Gasteiger partial charge in [0.05, 0.1) is 19.2 Å². The minimum atomic E-state index is -4.27. The molecule has 0 spiro atoms. The summed E-state index contributed by atoms with van der Waals surface area (Å²) in [7, 11) is -0.288. The molecule has 3 atom stereocenters. The topological polar surface area (TPSA) is 156 Å². The fourth-order valence-electron chi connectivity index (χ4n) is 4.21. The van der Waals surface area contributed by atoms with E-state index in [-0.39, 0.29) is 52.9 Å². The van der Waals surface area contributed by atoms with Gasteiger partial charge in [0, 0.05) is 38.3 Å². The Morgan fingerprint density at radius 2 is 1.74 bits per heavy atom. The van der Waals surface area contributed by atoms with Crippen LogP contribution in [0.25, 0.3) is 5.69 Å². The monoisotopic (exact) mass is 574 g/mol.